The van der Waals surface area contributed by atoms with Gasteiger partial charge in [0.15, 0.2) is 5.78 Å². The molecule has 0 saturated carbocycles. The van der Waals surface area contributed by atoms with Crippen LogP contribution in [0.5, 0.6) is 17.2 Å². The van der Waals surface area contributed by atoms with Gasteiger partial charge in [0.25, 0.3) is 0 Å². The standard InChI is InChI=1S/C17H16O4/c1-11-14(19)10-15(21-2)16(17(11)20)13(18)9-8-12-6-4-3-5-7-12/h3-10,19-20H,1-2H3/b9-8+. The Kier molecular flexibility index (Phi) is 4.28. The summed E-state index contributed by atoms with van der Waals surface area (Å²) in [6.45, 7) is 1.53. The monoisotopic (exact) mass is 284 g/mol. The molecule has 0 radical (unpaired) electrons. The first-order valence-corrected chi connectivity index (χ1v) is 6.41. The van der Waals surface area contributed by atoms with E-state index in [9.17, 15) is 15.0 Å². The Morgan fingerprint density at radius 2 is 1.86 bits per heavy atom. The number of phenols is 2. The fourth-order valence-corrected chi connectivity index (χ4v) is 1.95. The van der Waals surface area contributed by atoms with E-state index in [1.54, 1.807) is 6.08 Å². The molecule has 0 saturated heterocycles. The number of aromatic hydroxyl groups is 2. The van der Waals surface area contributed by atoms with Crippen LogP contribution in [-0.2, 0) is 0 Å². The van der Waals surface area contributed by atoms with Gasteiger partial charge in [-0.15, -0.1) is 0 Å². The number of carbonyl (C=O) groups is 1. The van der Waals surface area contributed by atoms with Crippen molar-refractivity contribution in [2.75, 3.05) is 7.11 Å². The zero-order chi connectivity index (χ0) is 15.4. The van der Waals surface area contributed by atoms with Crippen LogP contribution in [0.2, 0.25) is 0 Å². The molecular formula is C17H16O4. The lowest BCUT2D eigenvalue weighted by Gasteiger charge is -2.11. The molecule has 0 aliphatic carbocycles. The van der Waals surface area contributed by atoms with Gasteiger partial charge in [-0.25, -0.2) is 0 Å². The molecule has 4 heteroatoms. The first-order valence-electron chi connectivity index (χ1n) is 6.41. The molecule has 0 atom stereocenters. The van der Waals surface area contributed by atoms with Crippen molar-refractivity contribution in [3.63, 3.8) is 0 Å². The van der Waals surface area contributed by atoms with Crippen LogP contribution in [0, 0.1) is 6.92 Å². The number of carbonyl (C=O) groups excluding carboxylic acids is 1. The maximum Gasteiger partial charge on any atom is 0.193 e. The van der Waals surface area contributed by atoms with Crippen molar-refractivity contribution < 1.29 is 19.7 Å². The highest BCUT2D eigenvalue weighted by molar-refractivity contribution is 6.11. The van der Waals surface area contributed by atoms with E-state index in [1.165, 1.54) is 26.2 Å². The van der Waals surface area contributed by atoms with E-state index < -0.39 is 5.78 Å². The second-order valence-corrected chi connectivity index (χ2v) is 4.55. The molecule has 0 bridgehead atoms. The largest absolute Gasteiger partial charge is 0.507 e. The highest BCUT2D eigenvalue weighted by Crippen LogP contribution is 2.37. The number of hydrogen-bond acceptors (Lipinski definition) is 4. The first-order chi connectivity index (χ1) is 10.0. The van der Waals surface area contributed by atoms with E-state index in [0.717, 1.165) is 5.56 Å². The Hall–Kier alpha value is -2.75. The molecule has 2 aromatic carbocycles. The van der Waals surface area contributed by atoms with Gasteiger partial charge in [-0.1, -0.05) is 36.4 Å². The van der Waals surface area contributed by atoms with E-state index in [-0.39, 0.29) is 28.4 Å². The number of allylic oxidation sites excluding steroid dienone is 1. The molecule has 2 rings (SSSR count). The highest BCUT2D eigenvalue weighted by Gasteiger charge is 2.19. The van der Waals surface area contributed by atoms with Crippen LogP contribution in [0.1, 0.15) is 21.5 Å². The Labute approximate surface area is 122 Å². The molecule has 0 spiro atoms. The predicted molar refractivity (Wildman–Crippen MR) is 80.9 cm³/mol. The third kappa shape index (κ3) is 3.05. The topological polar surface area (TPSA) is 66.8 Å². The van der Waals surface area contributed by atoms with E-state index in [1.807, 2.05) is 30.3 Å². The summed E-state index contributed by atoms with van der Waals surface area (Å²) >= 11 is 0. The predicted octanol–water partition coefficient (Wildman–Crippen LogP) is 3.31. The van der Waals surface area contributed by atoms with Crippen LogP contribution < -0.4 is 4.74 Å². The zero-order valence-electron chi connectivity index (χ0n) is 11.8. The zero-order valence-corrected chi connectivity index (χ0v) is 11.8. The van der Waals surface area contributed by atoms with E-state index >= 15 is 0 Å². The van der Waals surface area contributed by atoms with Crippen LogP contribution in [0.4, 0.5) is 0 Å². The van der Waals surface area contributed by atoms with Crippen molar-refractivity contribution in [2.24, 2.45) is 0 Å². The molecule has 21 heavy (non-hydrogen) atoms. The number of hydrogen-bond donors (Lipinski definition) is 2. The molecule has 2 N–H and O–H groups in total. The summed E-state index contributed by atoms with van der Waals surface area (Å²) < 4.78 is 5.06. The molecular weight excluding hydrogens is 268 g/mol. The molecule has 0 unspecified atom stereocenters. The lowest BCUT2D eigenvalue weighted by Crippen LogP contribution is -2.01. The van der Waals surface area contributed by atoms with Gasteiger partial charge in [0, 0.05) is 11.6 Å². The van der Waals surface area contributed by atoms with Crippen LogP contribution in [0.25, 0.3) is 6.08 Å². The lowest BCUT2D eigenvalue weighted by atomic mass is 10.0. The van der Waals surface area contributed by atoms with Gasteiger partial charge in [0.1, 0.15) is 22.8 Å². The molecule has 0 aromatic heterocycles. The van der Waals surface area contributed by atoms with Crippen molar-refractivity contribution in [2.45, 2.75) is 6.92 Å². The summed E-state index contributed by atoms with van der Waals surface area (Å²) in [5.74, 6) is -0.642. The lowest BCUT2D eigenvalue weighted by molar-refractivity contribution is 0.104. The Morgan fingerprint density at radius 1 is 1.19 bits per heavy atom. The SMILES string of the molecule is COc1cc(O)c(C)c(O)c1C(=O)/C=C/c1ccccc1. The number of benzene rings is 2. The minimum atomic E-state index is -0.392. The summed E-state index contributed by atoms with van der Waals surface area (Å²) in [6, 6.07) is 10.7. The molecule has 0 aliphatic heterocycles. The summed E-state index contributed by atoms with van der Waals surface area (Å²) in [7, 11) is 1.38. The van der Waals surface area contributed by atoms with Crippen molar-refractivity contribution in [1.82, 2.24) is 0 Å². The maximum atomic E-state index is 12.3. The average molecular weight is 284 g/mol. The summed E-state index contributed by atoms with van der Waals surface area (Å²) in [5, 5.41) is 19.7. The Morgan fingerprint density at radius 3 is 2.48 bits per heavy atom. The van der Waals surface area contributed by atoms with Gasteiger partial charge in [0.2, 0.25) is 0 Å². The van der Waals surface area contributed by atoms with E-state index in [2.05, 4.69) is 0 Å². The minimum Gasteiger partial charge on any atom is -0.507 e. The summed E-state index contributed by atoms with van der Waals surface area (Å²) in [4.78, 5) is 12.3. The van der Waals surface area contributed by atoms with Crippen LogP contribution in [0.3, 0.4) is 0 Å². The summed E-state index contributed by atoms with van der Waals surface area (Å²) in [5.41, 5.74) is 1.16. The quantitative estimate of drug-likeness (QED) is 0.667. The fourth-order valence-electron chi connectivity index (χ4n) is 1.95. The van der Waals surface area contributed by atoms with Crippen molar-refractivity contribution >= 4 is 11.9 Å². The molecule has 2 aromatic rings. The normalized spacial score (nSPS) is 10.8. The number of phenolic OH excluding ortho intramolecular Hbond substituents is 2. The van der Waals surface area contributed by atoms with Crippen LogP contribution in [0.15, 0.2) is 42.5 Å². The number of rotatable bonds is 4. The smallest absolute Gasteiger partial charge is 0.193 e. The molecule has 0 amide bonds. The average Bonchev–Trinajstić information content (AvgIpc) is 2.51. The van der Waals surface area contributed by atoms with E-state index in [4.69, 9.17) is 4.74 Å². The molecule has 0 heterocycles. The first kappa shape index (κ1) is 14.7. The summed E-state index contributed by atoms with van der Waals surface area (Å²) in [6.07, 6.45) is 3.02. The van der Waals surface area contributed by atoms with Crippen LogP contribution >= 0.6 is 0 Å². The Bertz CT molecular complexity index is 688. The molecule has 0 fully saturated rings. The van der Waals surface area contributed by atoms with E-state index in [0.29, 0.717) is 0 Å². The molecule has 4 nitrogen and oxygen atoms in total. The van der Waals surface area contributed by atoms with Gasteiger partial charge in [-0.05, 0) is 18.6 Å². The maximum absolute atomic E-state index is 12.3. The van der Waals surface area contributed by atoms with Gasteiger partial charge < -0.3 is 14.9 Å². The third-order valence-corrected chi connectivity index (χ3v) is 3.18. The van der Waals surface area contributed by atoms with Gasteiger partial charge in [-0.3, -0.25) is 4.79 Å². The minimum absolute atomic E-state index is 0.0416. The van der Waals surface area contributed by atoms with Crippen LogP contribution in [-0.4, -0.2) is 23.1 Å². The highest BCUT2D eigenvalue weighted by atomic mass is 16.5. The van der Waals surface area contributed by atoms with Crippen molar-refractivity contribution in [1.29, 1.82) is 0 Å². The third-order valence-electron chi connectivity index (χ3n) is 3.18. The second kappa shape index (κ2) is 6.13. The number of methoxy groups -OCH3 is 1. The van der Waals surface area contributed by atoms with Gasteiger partial charge in [-0.2, -0.15) is 0 Å². The van der Waals surface area contributed by atoms with Gasteiger partial charge >= 0.3 is 0 Å². The second-order valence-electron chi connectivity index (χ2n) is 4.55. The van der Waals surface area contributed by atoms with Crippen molar-refractivity contribution in [3.05, 3.63) is 59.2 Å². The van der Waals surface area contributed by atoms with Crippen molar-refractivity contribution in [3.8, 4) is 17.2 Å². The fraction of sp³-hybridized carbons (Fsp3) is 0.118. The van der Waals surface area contributed by atoms with Gasteiger partial charge in [0.05, 0.1) is 7.11 Å². The molecule has 108 valence electrons. The number of ketones is 1. The number of ether oxygens (including phenoxy) is 1. The Balaban J connectivity index is 2.40. The molecule has 0 aliphatic rings.